The van der Waals surface area contributed by atoms with E-state index >= 15 is 0 Å². The molecular weight excluding hydrogens is 424 g/mol. The second-order valence-electron chi connectivity index (χ2n) is 6.82. The lowest BCUT2D eigenvalue weighted by atomic mass is 10.0. The minimum absolute atomic E-state index is 0.0444. The molecular formula is C19H26N6O7. The average molecular weight is 450 g/mol. The van der Waals surface area contributed by atoms with Crippen molar-refractivity contribution in [2.75, 3.05) is 6.54 Å². The van der Waals surface area contributed by atoms with Crippen LogP contribution in [0, 0.1) is 0 Å². The zero-order chi connectivity index (χ0) is 24.3. The maximum Gasteiger partial charge on any atom is 0.326 e. The molecule has 0 heterocycles. The number of carbonyl (C=O) groups is 6. The molecule has 0 aromatic heterocycles. The lowest BCUT2D eigenvalue weighted by Crippen LogP contribution is -2.57. The van der Waals surface area contributed by atoms with Crippen molar-refractivity contribution < 1.29 is 33.9 Å². The van der Waals surface area contributed by atoms with Gasteiger partial charge in [0.1, 0.15) is 18.1 Å². The average Bonchev–Trinajstić information content (AvgIpc) is 2.72. The number of nitrogens with two attached hydrogens (primary N) is 3. The summed E-state index contributed by atoms with van der Waals surface area (Å²) in [4.78, 5) is 70.7. The van der Waals surface area contributed by atoms with Crippen molar-refractivity contribution in [3.05, 3.63) is 35.9 Å². The van der Waals surface area contributed by atoms with E-state index in [1.54, 1.807) is 30.3 Å². The Labute approximate surface area is 183 Å². The van der Waals surface area contributed by atoms with Crippen LogP contribution in [0.15, 0.2) is 30.3 Å². The fourth-order valence-corrected chi connectivity index (χ4v) is 2.67. The molecule has 5 amide bonds. The van der Waals surface area contributed by atoms with Crippen LogP contribution >= 0.6 is 0 Å². The number of amides is 5. The van der Waals surface area contributed by atoms with Crippen LogP contribution in [0.2, 0.25) is 0 Å². The normalized spacial score (nSPS) is 13.2. The van der Waals surface area contributed by atoms with E-state index in [4.69, 9.17) is 22.3 Å². The maximum atomic E-state index is 12.8. The van der Waals surface area contributed by atoms with Crippen molar-refractivity contribution in [3.8, 4) is 0 Å². The van der Waals surface area contributed by atoms with Gasteiger partial charge in [0.05, 0.1) is 19.4 Å². The molecule has 0 aliphatic carbocycles. The summed E-state index contributed by atoms with van der Waals surface area (Å²) in [5, 5.41) is 15.9. The Morgan fingerprint density at radius 1 is 0.781 bits per heavy atom. The molecule has 3 unspecified atom stereocenters. The Balaban J connectivity index is 3.03. The number of hydrogen-bond donors (Lipinski definition) is 7. The van der Waals surface area contributed by atoms with Gasteiger partial charge in [-0.2, -0.15) is 0 Å². The molecule has 0 fully saturated rings. The molecule has 32 heavy (non-hydrogen) atoms. The number of hydrogen-bond acceptors (Lipinski definition) is 7. The SMILES string of the molecule is NCC(=O)NC(Cc1ccccc1)C(=O)NC(CC(N)=O)C(=O)NC(CC(N)=O)C(=O)O. The van der Waals surface area contributed by atoms with Gasteiger partial charge < -0.3 is 38.3 Å². The molecule has 0 saturated carbocycles. The Hall–Kier alpha value is -4.00. The van der Waals surface area contributed by atoms with E-state index in [0.717, 1.165) is 0 Å². The summed E-state index contributed by atoms with van der Waals surface area (Å²) in [6.07, 6.45) is -1.33. The molecule has 0 aliphatic heterocycles. The first-order valence-electron chi connectivity index (χ1n) is 9.47. The van der Waals surface area contributed by atoms with Crippen LogP contribution in [0.3, 0.4) is 0 Å². The second kappa shape index (κ2) is 12.6. The van der Waals surface area contributed by atoms with E-state index < -0.39 is 73.0 Å². The number of nitrogens with one attached hydrogen (secondary N) is 3. The van der Waals surface area contributed by atoms with Crippen LogP contribution < -0.4 is 33.2 Å². The summed E-state index contributed by atoms with van der Waals surface area (Å²) < 4.78 is 0. The minimum atomic E-state index is -1.68. The molecule has 174 valence electrons. The fraction of sp³-hybridized carbons (Fsp3) is 0.368. The molecule has 13 heteroatoms. The van der Waals surface area contributed by atoms with Gasteiger partial charge >= 0.3 is 5.97 Å². The predicted molar refractivity (Wildman–Crippen MR) is 110 cm³/mol. The maximum absolute atomic E-state index is 12.8. The number of carboxylic acid groups (broad SMARTS) is 1. The van der Waals surface area contributed by atoms with Gasteiger partial charge in [-0.1, -0.05) is 30.3 Å². The number of rotatable bonds is 13. The summed E-state index contributed by atoms with van der Waals surface area (Å²) in [5.74, 6) is -6.03. The molecule has 1 aromatic carbocycles. The zero-order valence-corrected chi connectivity index (χ0v) is 17.1. The standard InChI is InChI=1S/C19H26N6O7/c20-9-16(28)23-11(6-10-4-2-1-3-5-10)17(29)24-12(7-14(21)26)18(30)25-13(19(31)32)8-15(22)27/h1-5,11-13H,6-9,20H2,(H2,21,26)(H2,22,27)(H,23,28)(H,24,29)(H,25,30)(H,31,32). The summed E-state index contributed by atoms with van der Waals surface area (Å²) in [7, 11) is 0. The van der Waals surface area contributed by atoms with Gasteiger partial charge in [-0.15, -0.1) is 0 Å². The summed E-state index contributed by atoms with van der Waals surface area (Å²) in [5.41, 5.74) is 16.1. The second-order valence-corrected chi connectivity index (χ2v) is 6.82. The Morgan fingerprint density at radius 2 is 1.28 bits per heavy atom. The van der Waals surface area contributed by atoms with Crippen molar-refractivity contribution in [2.24, 2.45) is 17.2 Å². The monoisotopic (exact) mass is 450 g/mol. The Kier molecular flexibility index (Phi) is 10.3. The number of benzene rings is 1. The highest BCUT2D eigenvalue weighted by molar-refractivity contribution is 5.96. The Bertz CT molecular complexity index is 861. The van der Waals surface area contributed by atoms with Gasteiger partial charge in [0.15, 0.2) is 0 Å². The molecule has 0 spiro atoms. The highest BCUT2D eigenvalue weighted by atomic mass is 16.4. The van der Waals surface area contributed by atoms with Gasteiger partial charge in [-0.25, -0.2) is 4.79 Å². The zero-order valence-electron chi connectivity index (χ0n) is 17.1. The molecule has 13 nitrogen and oxygen atoms in total. The lowest BCUT2D eigenvalue weighted by molar-refractivity contribution is -0.144. The lowest BCUT2D eigenvalue weighted by Gasteiger charge is -2.23. The molecule has 0 radical (unpaired) electrons. The van der Waals surface area contributed by atoms with Crippen LogP contribution in [0.1, 0.15) is 18.4 Å². The largest absolute Gasteiger partial charge is 0.480 e. The number of primary amides is 2. The third-order valence-electron chi connectivity index (χ3n) is 4.18. The molecule has 1 aromatic rings. The molecule has 10 N–H and O–H groups in total. The van der Waals surface area contributed by atoms with E-state index in [1.165, 1.54) is 0 Å². The first-order chi connectivity index (χ1) is 15.0. The predicted octanol–water partition coefficient (Wildman–Crippen LogP) is -3.52. The van der Waals surface area contributed by atoms with E-state index in [1.807, 2.05) is 5.32 Å². The van der Waals surface area contributed by atoms with Crippen molar-refractivity contribution in [1.29, 1.82) is 0 Å². The van der Waals surface area contributed by atoms with Crippen LogP contribution in [-0.2, 0) is 35.2 Å². The summed E-state index contributed by atoms with van der Waals surface area (Å²) >= 11 is 0. The van der Waals surface area contributed by atoms with Crippen LogP contribution in [-0.4, -0.2) is 65.3 Å². The smallest absolute Gasteiger partial charge is 0.326 e. The number of carbonyl (C=O) groups excluding carboxylic acids is 5. The van der Waals surface area contributed by atoms with Crippen LogP contribution in [0.5, 0.6) is 0 Å². The molecule has 0 saturated heterocycles. The summed E-state index contributed by atoms with van der Waals surface area (Å²) in [6, 6.07) is 4.24. The van der Waals surface area contributed by atoms with Gasteiger partial charge in [0, 0.05) is 6.42 Å². The highest BCUT2D eigenvalue weighted by Crippen LogP contribution is 2.05. The highest BCUT2D eigenvalue weighted by Gasteiger charge is 2.31. The van der Waals surface area contributed by atoms with Gasteiger partial charge in [-0.05, 0) is 5.56 Å². The van der Waals surface area contributed by atoms with Crippen molar-refractivity contribution >= 4 is 35.5 Å². The molecule has 3 atom stereocenters. The van der Waals surface area contributed by atoms with E-state index in [0.29, 0.717) is 5.56 Å². The molecule has 0 aliphatic rings. The topological polar surface area (TPSA) is 237 Å². The minimum Gasteiger partial charge on any atom is -0.480 e. The molecule has 0 bridgehead atoms. The number of aliphatic carboxylic acids is 1. The van der Waals surface area contributed by atoms with Crippen LogP contribution in [0.25, 0.3) is 0 Å². The molecule has 1 rings (SSSR count). The van der Waals surface area contributed by atoms with Gasteiger partial charge in [-0.3, -0.25) is 24.0 Å². The van der Waals surface area contributed by atoms with Crippen molar-refractivity contribution in [1.82, 2.24) is 16.0 Å². The van der Waals surface area contributed by atoms with Gasteiger partial charge in [0.2, 0.25) is 29.5 Å². The van der Waals surface area contributed by atoms with Crippen molar-refractivity contribution in [2.45, 2.75) is 37.4 Å². The van der Waals surface area contributed by atoms with E-state index in [-0.39, 0.29) is 6.42 Å². The quantitative estimate of drug-likeness (QED) is 0.158. The van der Waals surface area contributed by atoms with Crippen LogP contribution in [0.4, 0.5) is 0 Å². The van der Waals surface area contributed by atoms with Crippen molar-refractivity contribution in [3.63, 3.8) is 0 Å². The Morgan fingerprint density at radius 3 is 1.78 bits per heavy atom. The first-order valence-corrected chi connectivity index (χ1v) is 9.47. The third-order valence-corrected chi connectivity index (χ3v) is 4.18. The van der Waals surface area contributed by atoms with E-state index in [9.17, 15) is 28.8 Å². The summed E-state index contributed by atoms with van der Waals surface area (Å²) in [6.45, 7) is -0.392. The number of carboxylic acids is 1. The fourth-order valence-electron chi connectivity index (χ4n) is 2.67. The van der Waals surface area contributed by atoms with E-state index in [2.05, 4.69) is 10.6 Å². The third kappa shape index (κ3) is 9.21. The van der Waals surface area contributed by atoms with Gasteiger partial charge in [0.25, 0.3) is 0 Å². The first kappa shape index (κ1) is 26.0.